The minimum absolute atomic E-state index is 0.103. The molecule has 3 amide bonds. The average molecular weight is 969 g/mol. The maximum absolute atomic E-state index is 16.8. The number of aliphatic hydroxyl groups excluding tert-OH is 1. The largest absolute Gasteiger partial charge is 0.491 e. The van der Waals surface area contributed by atoms with Crippen molar-refractivity contribution in [1.29, 1.82) is 0 Å². The number of imide groups is 1. The van der Waals surface area contributed by atoms with Gasteiger partial charge in [0.2, 0.25) is 11.8 Å². The van der Waals surface area contributed by atoms with Gasteiger partial charge in [-0.05, 0) is 103 Å². The summed E-state index contributed by atoms with van der Waals surface area (Å²) < 4.78 is 19.0. The number of allylic oxidation sites excluding steroid dienone is 2. The second-order valence-corrected chi connectivity index (χ2v) is 19.0. The van der Waals surface area contributed by atoms with E-state index in [1.54, 1.807) is 35.2 Å². The Morgan fingerprint density at radius 1 is 0.792 bits per heavy atom. The molecule has 5 aromatic carbocycles. The van der Waals surface area contributed by atoms with Gasteiger partial charge in [-0.3, -0.25) is 29.4 Å². The molecule has 6 atom stereocenters. The van der Waals surface area contributed by atoms with Crippen LogP contribution in [0.5, 0.6) is 5.75 Å². The van der Waals surface area contributed by atoms with E-state index in [2.05, 4.69) is 17.9 Å². The molecule has 1 spiro atoms. The maximum Gasteiger partial charge on any atom is 0.421 e. The number of rotatable bonds is 10. The van der Waals surface area contributed by atoms with Gasteiger partial charge in [0.15, 0.2) is 0 Å². The first-order valence-corrected chi connectivity index (χ1v) is 25.0. The van der Waals surface area contributed by atoms with E-state index in [0.29, 0.717) is 46.7 Å². The summed E-state index contributed by atoms with van der Waals surface area (Å²) in [4.78, 5) is 79.5. The number of carbonyl (C=O) groups excluding carboxylic acids is 4. The number of nitro benzene ring substituents is 1. The molecule has 14 heteroatoms. The normalized spacial score (nSPS) is 23.9. The Labute approximate surface area is 418 Å². The van der Waals surface area contributed by atoms with Crippen LogP contribution in [-0.4, -0.2) is 76.1 Å². The summed E-state index contributed by atoms with van der Waals surface area (Å²) in [7, 11) is 0. The standard InChI is InChI=1S/C58H56N4O10/c63-35-36-70-48-24-14-13-23-45(48)53-58(46-37-40(26-25-39-17-7-4-8-18-39)29-32-47(46)60(56(58)66)57(67)71-38-41-27-30-44(31-28-41)62(68)69)49(54(64)59-33-15-2-1-3-16-34-59)51-55(65)72-52(43-21-11-6-12-22-43)50(61(51)53)42-19-9-5-10-20-42/h5-6,9-14,17,19-24,27-32,37,49-53,63H,1-4,7-8,15-16,18,33-36,38H2. The smallest absolute Gasteiger partial charge is 0.421 e. The number of esters is 1. The average Bonchev–Trinajstić information content (AvgIpc) is 3.85. The van der Waals surface area contributed by atoms with Crippen molar-refractivity contribution in [3.63, 3.8) is 0 Å². The van der Waals surface area contributed by atoms with E-state index in [-0.39, 0.29) is 31.2 Å². The van der Waals surface area contributed by atoms with Crippen LogP contribution in [0.3, 0.4) is 0 Å². The van der Waals surface area contributed by atoms with Crippen molar-refractivity contribution in [3.8, 4) is 17.6 Å². The first-order chi connectivity index (χ1) is 35.2. The zero-order valence-corrected chi connectivity index (χ0v) is 39.9. The molecule has 368 valence electrons. The molecule has 0 radical (unpaired) electrons. The van der Waals surface area contributed by atoms with E-state index in [0.717, 1.165) is 73.8 Å². The van der Waals surface area contributed by atoms with Crippen molar-refractivity contribution in [2.24, 2.45) is 5.92 Å². The predicted octanol–water partition coefficient (Wildman–Crippen LogP) is 9.61. The van der Waals surface area contributed by atoms with Crippen LogP contribution in [0.2, 0.25) is 0 Å². The number of para-hydroxylation sites is 1. The van der Waals surface area contributed by atoms with E-state index in [9.17, 15) is 15.2 Å². The molecule has 3 fully saturated rings. The minimum Gasteiger partial charge on any atom is -0.491 e. The van der Waals surface area contributed by atoms with Crippen molar-refractivity contribution in [1.82, 2.24) is 9.80 Å². The molecule has 14 nitrogen and oxygen atoms in total. The van der Waals surface area contributed by atoms with Crippen LogP contribution < -0.4 is 9.64 Å². The zero-order valence-electron chi connectivity index (χ0n) is 39.9. The third kappa shape index (κ3) is 8.92. The summed E-state index contributed by atoms with van der Waals surface area (Å²) in [6.07, 6.45) is 8.27. The van der Waals surface area contributed by atoms with E-state index in [1.165, 1.54) is 24.3 Å². The van der Waals surface area contributed by atoms with Gasteiger partial charge in [0.05, 0.1) is 35.2 Å². The first-order valence-electron chi connectivity index (χ1n) is 25.0. The number of fused-ring (bicyclic) bond motifs is 3. The molecule has 0 bridgehead atoms. The number of ether oxygens (including phenoxy) is 3. The van der Waals surface area contributed by atoms with Crippen molar-refractivity contribution < 1.29 is 43.4 Å². The van der Waals surface area contributed by atoms with E-state index in [1.807, 2.05) is 77.7 Å². The number of non-ortho nitro benzene ring substituents is 1. The predicted molar refractivity (Wildman–Crippen MR) is 267 cm³/mol. The summed E-state index contributed by atoms with van der Waals surface area (Å²) in [6.45, 7) is 0.0242. The van der Waals surface area contributed by atoms with Crippen molar-refractivity contribution in [2.75, 3.05) is 31.2 Å². The molecule has 5 aliphatic rings. The number of hydrogen-bond acceptors (Lipinski definition) is 11. The monoisotopic (exact) mass is 968 g/mol. The zero-order chi connectivity index (χ0) is 49.8. The van der Waals surface area contributed by atoms with Crippen LogP contribution in [0.15, 0.2) is 139 Å². The number of nitrogens with zero attached hydrogens (tertiary/aromatic N) is 4. The molecule has 1 aliphatic carbocycles. The van der Waals surface area contributed by atoms with Crippen LogP contribution in [-0.2, 0) is 35.9 Å². The summed E-state index contributed by atoms with van der Waals surface area (Å²) in [5.74, 6) is 3.63. The molecule has 10 rings (SSSR count). The molecule has 72 heavy (non-hydrogen) atoms. The molecule has 6 unspecified atom stereocenters. The number of anilines is 1. The number of likely N-dealkylation sites (tertiary alicyclic amines) is 1. The van der Waals surface area contributed by atoms with Gasteiger partial charge in [-0.1, -0.05) is 116 Å². The van der Waals surface area contributed by atoms with Gasteiger partial charge >= 0.3 is 12.1 Å². The Bertz CT molecular complexity index is 2940. The molecular weight excluding hydrogens is 913 g/mol. The van der Waals surface area contributed by atoms with Crippen LogP contribution in [0.4, 0.5) is 16.2 Å². The number of hydrogen-bond donors (Lipinski definition) is 1. The number of benzene rings is 5. The lowest BCUT2D eigenvalue weighted by Crippen LogP contribution is -2.56. The van der Waals surface area contributed by atoms with Crippen LogP contribution in [0.25, 0.3) is 0 Å². The number of carbonyl (C=O) groups is 4. The summed E-state index contributed by atoms with van der Waals surface area (Å²) in [5, 5.41) is 21.6. The van der Waals surface area contributed by atoms with Gasteiger partial charge in [-0.25, -0.2) is 9.69 Å². The highest BCUT2D eigenvalue weighted by Gasteiger charge is 2.76. The fraction of sp³-hybridized carbons (Fsp3) is 0.345. The van der Waals surface area contributed by atoms with Gasteiger partial charge in [0.25, 0.3) is 5.69 Å². The molecular formula is C58H56N4O10. The minimum atomic E-state index is -2.07. The second-order valence-electron chi connectivity index (χ2n) is 19.0. The maximum atomic E-state index is 16.8. The summed E-state index contributed by atoms with van der Waals surface area (Å²) in [5.41, 5.74) is 2.12. The van der Waals surface area contributed by atoms with Crippen LogP contribution in [0.1, 0.15) is 109 Å². The quantitative estimate of drug-likeness (QED) is 0.0612. The fourth-order valence-corrected chi connectivity index (χ4v) is 11.6. The Balaban J connectivity index is 1.25. The van der Waals surface area contributed by atoms with Gasteiger partial charge in [-0.15, -0.1) is 0 Å². The lowest BCUT2D eigenvalue weighted by Gasteiger charge is -2.46. The first kappa shape index (κ1) is 48.0. The highest BCUT2D eigenvalue weighted by Crippen LogP contribution is 2.67. The molecule has 4 heterocycles. The number of aliphatic hydroxyl groups is 1. The fourth-order valence-electron chi connectivity index (χ4n) is 11.6. The lowest BCUT2D eigenvalue weighted by molar-refractivity contribution is -0.384. The number of morpholine rings is 1. The van der Waals surface area contributed by atoms with Crippen LogP contribution in [0, 0.1) is 27.9 Å². The van der Waals surface area contributed by atoms with Crippen molar-refractivity contribution >= 4 is 35.3 Å². The van der Waals surface area contributed by atoms with Gasteiger partial charge in [-0.2, -0.15) is 0 Å². The highest BCUT2D eigenvalue weighted by molar-refractivity contribution is 6.23. The van der Waals surface area contributed by atoms with Gasteiger partial charge in [0.1, 0.15) is 36.5 Å². The highest BCUT2D eigenvalue weighted by atomic mass is 16.6. The molecule has 4 aliphatic heterocycles. The van der Waals surface area contributed by atoms with Gasteiger partial charge in [0, 0.05) is 36.3 Å². The SMILES string of the molecule is O=C1OC(c2ccccc2)C(c2ccccc2)N2C1C(C(=O)N1CCCCCCC1)C1(C(=O)N(C(=O)OCc3ccc([N+](=O)[O-])cc3)c3ccc(C#CC4=CCCCC4)cc31)C2c1ccccc1OCCO. The van der Waals surface area contributed by atoms with Crippen LogP contribution >= 0.6 is 0 Å². The number of cyclic esters (lactones) is 1. The second kappa shape index (κ2) is 21.0. The third-order valence-corrected chi connectivity index (χ3v) is 14.8. The molecule has 0 aromatic heterocycles. The molecule has 0 saturated carbocycles. The van der Waals surface area contributed by atoms with Gasteiger partial charge < -0.3 is 24.2 Å². The Kier molecular flexibility index (Phi) is 14.0. The number of amides is 3. The number of nitro groups is 1. The Hall–Kier alpha value is -7.60. The van der Waals surface area contributed by atoms with E-state index < -0.39 is 64.4 Å². The van der Waals surface area contributed by atoms with E-state index >= 15 is 19.2 Å². The Morgan fingerprint density at radius 2 is 1.49 bits per heavy atom. The molecule has 5 aromatic rings. The summed E-state index contributed by atoms with van der Waals surface area (Å²) >= 11 is 0. The molecule has 1 N–H and O–H groups in total. The Morgan fingerprint density at radius 3 is 2.18 bits per heavy atom. The van der Waals surface area contributed by atoms with E-state index in [4.69, 9.17) is 14.2 Å². The third-order valence-electron chi connectivity index (χ3n) is 14.8. The molecule has 3 saturated heterocycles. The lowest BCUT2D eigenvalue weighted by atomic mass is 9.64. The topological polar surface area (TPSA) is 169 Å². The van der Waals surface area contributed by atoms with Crippen molar-refractivity contribution in [3.05, 3.63) is 183 Å². The van der Waals surface area contributed by atoms with Crippen molar-refractivity contribution in [2.45, 2.75) is 94.0 Å². The summed E-state index contributed by atoms with van der Waals surface area (Å²) in [6, 6.07) is 33.5.